The predicted octanol–water partition coefficient (Wildman–Crippen LogP) is 6.11. The zero-order valence-corrected chi connectivity index (χ0v) is 21.0. The maximum atomic E-state index is 13.4. The Hall–Kier alpha value is -3.28. The van der Waals surface area contributed by atoms with Crippen molar-refractivity contribution in [1.82, 2.24) is 20.2 Å². The molecule has 1 saturated heterocycles. The quantitative estimate of drug-likeness (QED) is 0.396. The number of nitrogens with zero attached hydrogens (tertiary/aromatic N) is 4. The topological polar surface area (TPSA) is 90.7 Å². The molecule has 1 aliphatic heterocycles. The minimum absolute atomic E-state index is 0.0617. The van der Waals surface area contributed by atoms with Gasteiger partial charge in [0.05, 0.1) is 22.0 Å². The Balaban J connectivity index is 1.94. The molecule has 196 valence electrons. The summed E-state index contributed by atoms with van der Waals surface area (Å²) in [5.41, 5.74) is 2.01. The first-order valence-corrected chi connectivity index (χ1v) is 12.0. The fourth-order valence-electron chi connectivity index (χ4n) is 4.08. The van der Waals surface area contributed by atoms with Crippen LogP contribution in [0.15, 0.2) is 42.5 Å². The first-order valence-electron chi connectivity index (χ1n) is 11.3. The molecule has 2 amide bonds. The van der Waals surface area contributed by atoms with Gasteiger partial charge in [0.15, 0.2) is 5.69 Å². The maximum Gasteiger partial charge on any atom is 0.416 e. The second-order valence-electron chi connectivity index (χ2n) is 8.46. The number of carboxylic acid groups (broad SMARTS) is 1. The Morgan fingerprint density at radius 1 is 1.05 bits per heavy atom. The minimum Gasteiger partial charge on any atom is -0.465 e. The van der Waals surface area contributed by atoms with Crippen LogP contribution < -0.4 is 10.3 Å². The summed E-state index contributed by atoms with van der Waals surface area (Å²) in [7, 11) is 1.22. The zero-order chi connectivity index (χ0) is 26.9. The number of nitrogens with one attached hydrogen (secondary N) is 1. The summed E-state index contributed by atoms with van der Waals surface area (Å²) in [5, 5.41) is 16.4. The number of aromatic nitrogens is 2. The zero-order valence-electron chi connectivity index (χ0n) is 19.5. The predicted molar refractivity (Wildman–Crippen MR) is 133 cm³/mol. The van der Waals surface area contributed by atoms with Gasteiger partial charge in [0.1, 0.15) is 5.69 Å². The molecular formula is C24H22Cl2F3N5O3. The Morgan fingerprint density at radius 3 is 2.27 bits per heavy atom. The number of rotatable bonds is 5. The van der Waals surface area contributed by atoms with E-state index in [9.17, 15) is 27.9 Å². The molecule has 0 unspecified atom stereocenters. The molecule has 1 aliphatic rings. The number of alkyl halides is 3. The van der Waals surface area contributed by atoms with E-state index in [4.69, 9.17) is 23.2 Å². The van der Waals surface area contributed by atoms with Gasteiger partial charge < -0.3 is 5.11 Å². The number of carbonyl (C=O) groups is 2. The van der Waals surface area contributed by atoms with Crippen LogP contribution in [0.25, 0.3) is 16.9 Å². The number of hydrogen-bond donors (Lipinski definition) is 2. The van der Waals surface area contributed by atoms with E-state index >= 15 is 0 Å². The first-order chi connectivity index (χ1) is 17.5. The van der Waals surface area contributed by atoms with Gasteiger partial charge in [-0.3, -0.25) is 15.1 Å². The monoisotopic (exact) mass is 555 g/mol. The third-order valence-corrected chi connectivity index (χ3v) is 6.47. The van der Waals surface area contributed by atoms with Crippen LogP contribution in [-0.4, -0.2) is 52.0 Å². The number of hydrogen-bond acceptors (Lipinski definition) is 4. The van der Waals surface area contributed by atoms with Crippen molar-refractivity contribution >= 4 is 40.9 Å². The molecule has 1 aromatic heterocycles. The van der Waals surface area contributed by atoms with Gasteiger partial charge in [-0.15, -0.1) is 0 Å². The highest BCUT2D eigenvalue weighted by molar-refractivity contribution is 6.35. The minimum atomic E-state index is -4.57. The Kier molecular flexibility index (Phi) is 7.67. The van der Waals surface area contributed by atoms with Gasteiger partial charge in [-0.25, -0.2) is 14.5 Å². The van der Waals surface area contributed by atoms with E-state index in [1.807, 2.05) is 0 Å². The first kappa shape index (κ1) is 26.8. The molecule has 0 saturated carbocycles. The van der Waals surface area contributed by atoms with Crippen LogP contribution in [0.1, 0.15) is 35.3 Å². The van der Waals surface area contributed by atoms with Gasteiger partial charge in [0, 0.05) is 30.7 Å². The number of halogens is 5. The molecule has 37 heavy (non-hydrogen) atoms. The lowest BCUT2D eigenvalue weighted by atomic mass is 10.1. The van der Waals surface area contributed by atoms with E-state index in [2.05, 4.69) is 10.5 Å². The molecule has 0 bridgehead atoms. The van der Waals surface area contributed by atoms with Gasteiger partial charge in [-0.05, 0) is 43.2 Å². The molecule has 0 spiro atoms. The third kappa shape index (κ3) is 5.68. The molecule has 8 nitrogen and oxygen atoms in total. The number of carbonyl (C=O) groups excluding carboxylic acids is 1. The van der Waals surface area contributed by atoms with Gasteiger partial charge in [0.2, 0.25) is 0 Å². The lowest BCUT2D eigenvalue weighted by molar-refractivity contribution is -0.137. The molecule has 2 aromatic carbocycles. The summed E-state index contributed by atoms with van der Waals surface area (Å²) in [6.45, 7) is 1.23. The summed E-state index contributed by atoms with van der Waals surface area (Å²) in [5.74, 6) is -0.665. The average molecular weight is 556 g/mol. The number of amides is 2. The number of anilines is 1. The van der Waals surface area contributed by atoms with Crippen LogP contribution in [0.3, 0.4) is 0 Å². The van der Waals surface area contributed by atoms with E-state index in [-0.39, 0.29) is 33.3 Å². The fraction of sp³-hybridized carbons (Fsp3) is 0.292. The van der Waals surface area contributed by atoms with Gasteiger partial charge in [0.25, 0.3) is 5.91 Å². The van der Waals surface area contributed by atoms with Gasteiger partial charge in [-0.2, -0.15) is 18.3 Å². The van der Waals surface area contributed by atoms with Crippen molar-refractivity contribution in [1.29, 1.82) is 0 Å². The molecule has 13 heteroatoms. The molecule has 2 N–H and O–H groups in total. The Labute approximate surface area is 220 Å². The van der Waals surface area contributed by atoms with Crippen molar-refractivity contribution in [3.63, 3.8) is 0 Å². The van der Waals surface area contributed by atoms with E-state index in [0.29, 0.717) is 18.1 Å². The third-order valence-electron chi connectivity index (χ3n) is 5.94. The second-order valence-corrected chi connectivity index (χ2v) is 9.30. The van der Waals surface area contributed by atoms with Crippen molar-refractivity contribution in [3.8, 4) is 16.9 Å². The van der Waals surface area contributed by atoms with E-state index in [0.717, 1.165) is 36.3 Å². The molecular weight excluding hydrogens is 534 g/mol. The van der Waals surface area contributed by atoms with Crippen molar-refractivity contribution in [2.75, 3.05) is 25.0 Å². The highest BCUT2D eigenvalue weighted by Crippen LogP contribution is 2.39. The fourth-order valence-corrected chi connectivity index (χ4v) is 4.57. The molecule has 0 radical (unpaired) electrons. The summed E-state index contributed by atoms with van der Waals surface area (Å²) in [4.78, 5) is 26.2. The Morgan fingerprint density at radius 2 is 1.70 bits per heavy atom. The second kappa shape index (κ2) is 10.6. The molecule has 3 aromatic rings. The van der Waals surface area contributed by atoms with Crippen molar-refractivity contribution < 1.29 is 27.9 Å². The largest absolute Gasteiger partial charge is 0.465 e. The highest BCUT2D eigenvalue weighted by atomic mass is 35.5. The van der Waals surface area contributed by atoms with Crippen LogP contribution in [0.5, 0.6) is 0 Å². The van der Waals surface area contributed by atoms with Crippen molar-refractivity contribution in [2.24, 2.45) is 0 Å². The van der Waals surface area contributed by atoms with E-state index < -0.39 is 23.7 Å². The maximum absolute atomic E-state index is 13.4. The van der Waals surface area contributed by atoms with Crippen LogP contribution in [0, 0.1) is 0 Å². The lowest BCUT2D eigenvalue weighted by Gasteiger charge is -2.26. The number of piperidine rings is 1. The van der Waals surface area contributed by atoms with Crippen LogP contribution in [0.4, 0.5) is 23.7 Å². The van der Waals surface area contributed by atoms with Crippen LogP contribution in [0.2, 0.25) is 10.0 Å². The summed E-state index contributed by atoms with van der Waals surface area (Å²) in [6.07, 6.45) is -3.18. The van der Waals surface area contributed by atoms with Gasteiger partial charge >= 0.3 is 12.3 Å². The van der Waals surface area contributed by atoms with Crippen molar-refractivity contribution in [2.45, 2.75) is 25.4 Å². The van der Waals surface area contributed by atoms with Gasteiger partial charge in [-0.1, -0.05) is 41.8 Å². The summed E-state index contributed by atoms with van der Waals surface area (Å²) < 4.78 is 40.9. The molecule has 4 rings (SSSR count). The lowest BCUT2D eigenvalue weighted by Crippen LogP contribution is -2.45. The molecule has 0 atom stereocenters. The van der Waals surface area contributed by atoms with Crippen LogP contribution >= 0.6 is 23.2 Å². The summed E-state index contributed by atoms with van der Waals surface area (Å²) >= 11 is 12.4. The number of hydrazine groups is 1. The normalized spacial score (nSPS) is 14.4. The highest BCUT2D eigenvalue weighted by Gasteiger charge is 2.33. The molecule has 0 aliphatic carbocycles. The average Bonchev–Trinajstić information content (AvgIpc) is 3.24. The molecule has 2 heterocycles. The smallest absolute Gasteiger partial charge is 0.416 e. The van der Waals surface area contributed by atoms with E-state index in [1.165, 1.54) is 42.1 Å². The Bertz CT molecular complexity index is 1320. The van der Waals surface area contributed by atoms with Crippen molar-refractivity contribution in [3.05, 3.63) is 63.8 Å². The van der Waals surface area contributed by atoms with Crippen LogP contribution in [-0.2, 0) is 6.18 Å². The number of benzene rings is 2. The SMILES string of the molecule is CN(C(=O)O)c1c(C(=O)NN2CCCCC2)nn(-c2ccc(Cl)cc2Cl)c1-c1ccc(C(F)(F)F)cc1. The summed E-state index contributed by atoms with van der Waals surface area (Å²) in [6, 6.07) is 8.58. The standard InChI is InChI=1S/C24H22Cl2F3N5O3/c1-32(23(36)37)21-19(22(35)31-33-11-3-2-4-12-33)30-34(18-10-9-16(25)13-17(18)26)20(21)14-5-7-15(8-6-14)24(27,28)29/h5-10,13H,2-4,11-12H2,1H3,(H,31,35)(H,36,37). The molecule has 1 fully saturated rings. The van der Waals surface area contributed by atoms with E-state index in [1.54, 1.807) is 5.01 Å².